The molecular weight excluding hydrogens is 374 g/mol. The molecule has 0 atom stereocenters. The molecule has 2 aliphatic heterocycles. The number of hydrogen-bond donors (Lipinski definition) is 1. The molecule has 0 saturated carbocycles. The van der Waals surface area contributed by atoms with E-state index in [2.05, 4.69) is 21.4 Å². The van der Waals surface area contributed by atoms with Gasteiger partial charge in [0.1, 0.15) is 13.0 Å². The number of thiazole rings is 1. The lowest BCUT2D eigenvalue weighted by Crippen LogP contribution is -2.33. The van der Waals surface area contributed by atoms with E-state index in [1.807, 2.05) is 53.0 Å². The summed E-state index contributed by atoms with van der Waals surface area (Å²) in [4.78, 5) is 21.4. The normalized spacial score (nSPS) is 18.6. The first-order valence-corrected chi connectivity index (χ1v) is 10.2. The Morgan fingerprint density at radius 2 is 2.07 bits per heavy atom. The highest BCUT2D eigenvalue weighted by Gasteiger charge is 2.20. The number of carbonyl (C=O) groups is 1. The van der Waals surface area contributed by atoms with Crippen LogP contribution in [0.15, 0.2) is 46.9 Å². The molecule has 28 heavy (non-hydrogen) atoms. The first kappa shape index (κ1) is 18.8. The number of ether oxygens (including phenoxy) is 1. The molecule has 1 saturated heterocycles. The van der Waals surface area contributed by atoms with Crippen molar-refractivity contribution in [2.24, 2.45) is 10.9 Å². The molecule has 1 aromatic heterocycles. The summed E-state index contributed by atoms with van der Waals surface area (Å²) in [5.74, 6) is 0.205. The topological polar surface area (TPSA) is 70.1 Å². The lowest BCUT2D eigenvalue weighted by atomic mass is 9.94. The van der Waals surface area contributed by atoms with Crippen LogP contribution in [0.25, 0.3) is 5.57 Å². The predicted octanol–water partition coefficient (Wildman–Crippen LogP) is 3.24. The van der Waals surface area contributed by atoms with Gasteiger partial charge < -0.3 is 4.74 Å². The smallest absolute Gasteiger partial charge is 0.257 e. The van der Waals surface area contributed by atoms with Crippen LogP contribution in [0.2, 0.25) is 0 Å². The van der Waals surface area contributed by atoms with Crippen molar-refractivity contribution in [1.82, 2.24) is 9.99 Å². The molecule has 1 amide bonds. The van der Waals surface area contributed by atoms with Crippen molar-refractivity contribution >= 4 is 40.0 Å². The fraction of sp³-hybridized carbons (Fsp3) is 0.350. The van der Waals surface area contributed by atoms with Crippen molar-refractivity contribution in [3.63, 3.8) is 0 Å². The van der Waals surface area contributed by atoms with Gasteiger partial charge in [-0.25, -0.2) is 4.98 Å². The lowest BCUT2D eigenvalue weighted by Gasteiger charge is -2.23. The van der Waals surface area contributed by atoms with E-state index in [-0.39, 0.29) is 5.91 Å². The number of anilines is 2. The summed E-state index contributed by atoms with van der Waals surface area (Å²) in [5.41, 5.74) is 2.58. The van der Waals surface area contributed by atoms with E-state index in [1.54, 1.807) is 6.20 Å². The maximum atomic E-state index is 13.0. The number of carbonyl (C=O) groups excluding carboxylic acids is 1. The molecule has 0 unspecified atom stereocenters. The van der Waals surface area contributed by atoms with Gasteiger partial charge in [0.25, 0.3) is 5.91 Å². The maximum absolute atomic E-state index is 13.0. The van der Waals surface area contributed by atoms with Crippen molar-refractivity contribution in [2.75, 3.05) is 37.3 Å². The fourth-order valence-corrected chi connectivity index (χ4v) is 3.84. The zero-order valence-electron chi connectivity index (χ0n) is 15.7. The van der Waals surface area contributed by atoms with Crippen LogP contribution in [0.5, 0.6) is 0 Å². The second-order valence-electron chi connectivity index (χ2n) is 6.81. The molecule has 1 aromatic carbocycles. The number of nitrogens with one attached hydrogen (secondary N) is 1. The Morgan fingerprint density at radius 3 is 2.71 bits per heavy atom. The van der Waals surface area contributed by atoms with E-state index >= 15 is 0 Å². The molecule has 2 aromatic rings. The number of hydrazine groups is 1. The first-order valence-electron chi connectivity index (χ1n) is 9.32. The van der Waals surface area contributed by atoms with E-state index in [1.165, 1.54) is 11.3 Å². The number of benzene rings is 1. The van der Waals surface area contributed by atoms with Crippen LogP contribution < -0.4 is 10.3 Å². The van der Waals surface area contributed by atoms with Gasteiger partial charge in [0, 0.05) is 37.4 Å². The van der Waals surface area contributed by atoms with E-state index in [0.29, 0.717) is 23.3 Å². The van der Waals surface area contributed by atoms with Crippen molar-refractivity contribution in [1.29, 1.82) is 0 Å². The van der Waals surface area contributed by atoms with Gasteiger partial charge in [-0.3, -0.25) is 20.1 Å². The molecule has 2 aliphatic rings. The summed E-state index contributed by atoms with van der Waals surface area (Å²) < 4.78 is 5.45. The van der Waals surface area contributed by atoms with Crippen molar-refractivity contribution in [2.45, 2.75) is 12.8 Å². The van der Waals surface area contributed by atoms with Gasteiger partial charge in [-0.15, -0.1) is 11.3 Å². The van der Waals surface area contributed by atoms with Gasteiger partial charge in [0.2, 0.25) is 0 Å². The number of allylic oxidation sites excluding steroid dienone is 1. The summed E-state index contributed by atoms with van der Waals surface area (Å²) in [6, 6.07) is 8.00. The Morgan fingerprint density at radius 1 is 1.29 bits per heavy atom. The zero-order valence-corrected chi connectivity index (χ0v) is 16.6. The second kappa shape index (κ2) is 8.64. The maximum Gasteiger partial charge on any atom is 0.257 e. The van der Waals surface area contributed by atoms with Crippen LogP contribution >= 0.6 is 11.3 Å². The van der Waals surface area contributed by atoms with Crippen LogP contribution in [0.1, 0.15) is 18.4 Å². The van der Waals surface area contributed by atoms with Gasteiger partial charge in [-0.1, -0.05) is 18.2 Å². The summed E-state index contributed by atoms with van der Waals surface area (Å²) >= 11 is 1.41. The number of aromatic nitrogens is 1. The van der Waals surface area contributed by atoms with Crippen molar-refractivity contribution in [3.8, 4) is 0 Å². The Bertz CT molecular complexity index is 857. The molecule has 146 valence electrons. The minimum atomic E-state index is -0.131. The standard InChI is InChI=1S/C20H23N5O2S/c1-24-13-21-14-25(24)17-4-2-16(3-5-17)18(12-15-6-9-27-10-7-15)19(26)23-20-22-8-11-28-20/h2-5,8,11-12,14-15H,6-7,9-10,13H2,1H3,(H,22,23,26)/b18-12+. The molecule has 7 nitrogen and oxygen atoms in total. The van der Waals surface area contributed by atoms with E-state index in [0.717, 1.165) is 37.3 Å². The molecular formula is C20H23N5O2S. The first-order chi connectivity index (χ1) is 13.7. The van der Waals surface area contributed by atoms with Gasteiger partial charge in [-0.2, -0.15) is 5.01 Å². The minimum Gasteiger partial charge on any atom is -0.381 e. The largest absolute Gasteiger partial charge is 0.381 e. The van der Waals surface area contributed by atoms with Crippen molar-refractivity contribution < 1.29 is 9.53 Å². The Balaban J connectivity index is 1.59. The molecule has 0 radical (unpaired) electrons. The highest BCUT2D eigenvalue weighted by molar-refractivity contribution is 7.13. The van der Waals surface area contributed by atoms with Gasteiger partial charge in [0.15, 0.2) is 5.13 Å². The Kier molecular flexibility index (Phi) is 5.80. The zero-order chi connectivity index (χ0) is 19.3. The number of hydrogen-bond acceptors (Lipinski definition) is 7. The predicted molar refractivity (Wildman–Crippen MR) is 112 cm³/mol. The summed E-state index contributed by atoms with van der Waals surface area (Å²) in [6.07, 6.45) is 7.44. The quantitative estimate of drug-likeness (QED) is 0.785. The van der Waals surface area contributed by atoms with Crippen LogP contribution in [0.3, 0.4) is 0 Å². The Labute approximate surface area is 168 Å². The SMILES string of the molecule is CN1CN=CN1c1ccc(/C(=C\C2CCOCC2)C(=O)Nc2nccs2)cc1. The Hall–Kier alpha value is -2.55. The minimum absolute atomic E-state index is 0.131. The molecule has 1 fully saturated rings. The third kappa shape index (κ3) is 4.30. The van der Waals surface area contributed by atoms with Crippen LogP contribution in [0.4, 0.5) is 10.8 Å². The molecule has 3 heterocycles. The van der Waals surface area contributed by atoms with Gasteiger partial charge >= 0.3 is 0 Å². The molecule has 1 N–H and O–H groups in total. The van der Waals surface area contributed by atoms with Crippen LogP contribution in [0, 0.1) is 5.92 Å². The van der Waals surface area contributed by atoms with E-state index in [4.69, 9.17) is 4.74 Å². The fourth-order valence-electron chi connectivity index (χ4n) is 3.32. The van der Waals surface area contributed by atoms with E-state index < -0.39 is 0 Å². The molecule has 4 rings (SSSR count). The van der Waals surface area contributed by atoms with E-state index in [9.17, 15) is 4.79 Å². The summed E-state index contributed by atoms with van der Waals surface area (Å²) in [6.45, 7) is 2.12. The number of nitrogens with zero attached hydrogens (tertiary/aromatic N) is 4. The summed E-state index contributed by atoms with van der Waals surface area (Å²) in [5, 5.41) is 9.37. The monoisotopic (exact) mass is 397 g/mol. The highest BCUT2D eigenvalue weighted by Crippen LogP contribution is 2.27. The molecule has 0 aliphatic carbocycles. The van der Waals surface area contributed by atoms with Gasteiger partial charge in [0.05, 0.1) is 5.69 Å². The van der Waals surface area contributed by atoms with Gasteiger partial charge in [-0.05, 0) is 36.5 Å². The average Bonchev–Trinajstić information content (AvgIpc) is 3.39. The average molecular weight is 398 g/mol. The van der Waals surface area contributed by atoms with Crippen LogP contribution in [-0.2, 0) is 9.53 Å². The third-order valence-corrected chi connectivity index (χ3v) is 5.54. The third-order valence-electron chi connectivity index (χ3n) is 4.85. The molecule has 0 spiro atoms. The summed E-state index contributed by atoms with van der Waals surface area (Å²) in [7, 11) is 1.98. The number of rotatable bonds is 5. The highest BCUT2D eigenvalue weighted by atomic mass is 32.1. The number of amides is 1. The van der Waals surface area contributed by atoms with Crippen molar-refractivity contribution in [3.05, 3.63) is 47.5 Å². The second-order valence-corrected chi connectivity index (χ2v) is 7.70. The molecule has 0 bridgehead atoms. The van der Waals surface area contributed by atoms with Crippen LogP contribution in [-0.4, -0.2) is 49.2 Å². The lowest BCUT2D eigenvalue weighted by molar-refractivity contribution is -0.111. The molecule has 8 heteroatoms. The number of aliphatic imine (C=N–C) groups is 1.